The van der Waals surface area contributed by atoms with Crippen LogP contribution < -0.4 is 5.32 Å². The van der Waals surface area contributed by atoms with Gasteiger partial charge in [-0.1, -0.05) is 27.2 Å². The summed E-state index contributed by atoms with van der Waals surface area (Å²) in [4.78, 5) is 6.84. The molecule has 2 aliphatic rings. The lowest BCUT2D eigenvalue weighted by Crippen LogP contribution is -2.64. The first-order valence-corrected chi connectivity index (χ1v) is 10.2. The lowest BCUT2D eigenvalue weighted by molar-refractivity contribution is -0.114. The molecule has 3 atom stereocenters. The van der Waals surface area contributed by atoms with Gasteiger partial charge in [0.2, 0.25) is 0 Å². The molecule has 3 unspecified atom stereocenters. The van der Waals surface area contributed by atoms with Gasteiger partial charge in [0.1, 0.15) is 6.10 Å². The maximum Gasteiger partial charge on any atom is 0.194 e. The van der Waals surface area contributed by atoms with Gasteiger partial charge in [-0.15, -0.1) is 24.0 Å². The zero-order chi connectivity index (χ0) is 19.4. The molecule has 1 aliphatic carbocycles. The number of nitrogens with zero attached hydrogens (tertiary/aromatic N) is 4. The van der Waals surface area contributed by atoms with E-state index in [1.165, 1.54) is 6.42 Å². The lowest BCUT2D eigenvalue weighted by atomic mass is 9.64. The molecule has 1 saturated heterocycles. The van der Waals surface area contributed by atoms with Gasteiger partial charge in [0.15, 0.2) is 5.96 Å². The monoisotopic (exact) mass is 505 g/mol. The fourth-order valence-corrected chi connectivity index (χ4v) is 3.89. The van der Waals surface area contributed by atoms with Gasteiger partial charge in [-0.3, -0.25) is 9.67 Å². The summed E-state index contributed by atoms with van der Waals surface area (Å²) >= 11 is 0. The third-order valence-corrected chi connectivity index (χ3v) is 5.97. The molecule has 2 fully saturated rings. The fraction of sp³-hybridized carbons (Fsp3) is 0.800. The van der Waals surface area contributed by atoms with Crippen LogP contribution in [0.2, 0.25) is 0 Å². The predicted molar refractivity (Wildman–Crippen MR) is 122 cm³/mol. The minimum atomic E-state index is 0. The first-order chi connectivity index (χ1) is 13.0. The predicted octanol–water partition coefficient (Wildman–Crippen LogP) is 2.97. The number of hydrogen-bond acceptors (Lipinski definition) is 4. The third-order valence-electron chi connectivity index (χ3n) is 5.97. The van der Waals surface area contributed by atoms with Crippen LogP contribution >= 0.6 is 24.0 Å². The van der Waals surface area contributed by atoms with E-state index in [2.05, 4.69) is 41.1 Å². The van der Waals surface area contributed by atoms with E-state index in [0.717, 1.165) is 44.1 Å². The number of aliphatic imine (C=N–C) groups is 1. The Morgan fingerprint density at radius 3 is 2.86 bits per heavy atom. The average Bonchev–Trinajstić information content (AvgIpc) is 3.10. The second-order valence-corrected chi connectivity index (χ2v) is 8.27. The van der Waals surface area contributed by atoms with E-state index in [4.69, 9.17) is 9.47 Å². The van der Waals surface area contributed by atoms with Crippen molar-refractivity contribution in [2.24, 2.45) is 17.5 Å². The van der Waals surface area contributed by atoms with Gasteiger partial charge < -0.3 is 19.7 Å². The fourth-order valence-electron chi connectivity index (χ4n) is 3.89. The van der Waals surface area contributed by atoms with Gasteiger partial charge in [0, 0.05) is 50.5 Å². The molecule has 0 aromatic carbocycles. The number of rotatable bonds is 6. The highest BCUT2D eigenvalue weighted by Crippen LogP contribution is 2.43. The molecule has 1 aliphatic heterocycles. The number of unbranched alkanes of at least 4 members (excludes halogenated alkanes) is 1. The zero-order valence-corrected chi connectivity index (χ0v) is 20.2. The number of guanidine groups is 1. The van der Waals surface area contributed by atoms with Crippen molar-refractivity contribution in [2.45, 2.75) is 58.3 Å². The molecule has 0 radical (unpaired) electrons. The molecule has 8 heteroatoms. The van der Waals surface area contributed by atoms with Gasteiger partial charge >= 0.3 is 0 Å². The van der Waals surface area contributed by atoms with Crippen molar-refractivity contribution in [3.63, 3.8) is 0 Å². The Labute approximate surface area is 186 Å². The molecule has 160 valence electrons. The van der Waals surface area contributed by atoms with Crippen molar-refractivity contribution in [2.75, 3.05) is 33.4 Å². The molecule has 1 aromatic rings. The van der Waals surface area contributed by atoms with Gasteiger partial charge in [-0.05, 0) is 12.8 Å². The van der Waals surface area contributed by atoms with Gasteiger partial charge in [-0.2, -0.15) is 5.10 Å². The Bertz CT molecular complexity index is 648. The summed E-state index contributed by atoms with van der Waals surface area (Å²) in [5, 5.41) is 7.95. The van der Waals surface area contributed by atoms with E-state index in [1.807, 2.05) is 31.2 Å². The second-order valence-electron chi connectivity index (χ2n) is 8.27. The zero-order valence-electron chi connectivity index (χ0n) is 17.9. The van der Waals surface area contributed by atoms with Crippen LogP contribution in [0.5, 0.6) is 0 Å². The van der Waals surface area contributed by atoms with E-state index in [9.17, 15) is 0 Å². The molecule has 2 heterocycles. The van der Waals surface area contributed by atoms with E-state index in [0.29, 0.717) is 18.8 Å². The normalized spacial score (nSPS) is 27.1. The van der Waals surface area contributed by atoms with Gasteiger partial charge in [0.05, 0.1) is 25.5 Å². The van der Waals surface area contributed by atoms with Crippen molar-refractivity contribution >= 4 is 29.9 Å². The first kappa shape index (κ1) is 23.4. The van der Waals surface area contributed by atoms with Gasteiger partial charge in [-0.25, -0.2) is 0 Å². The van der Waals surface area contributed by atoms with Crippen LogP contribution in [0.1, 0.15) is 51.7 Å². The summed E-state index contributed by atoms with van der Waals surface area (Å²) < 4.78 is 13.9. The highest BCUT2D eigenvalue weighted by atomic mass is 127. The summed E-state index contributed by atoms with van der Waals surface area (Å²) in [5.41, 5.74) is 1.23. The van der Waals surface area contributed by atoms with Crippen LogP contribution in [0.25, 0.3) is 0 Å². The average molecular weight is 505 g/mol. The van der Waals surface area contributed by atoms with Crippen LogP contribution in [0.4, 0.5) is 0 Å². The van der Waals surface area contributed by atoms with Crippen LogP contribution in [0, 0.1) is 5.41 Å². The van der Waals surface area contributed by atoms with E-state index >= 15 is 0 Å². The highest BCUT2D eigenvalue weighted by Gasteiger charge is 2.49. The Balaban J connectivity index is 0.00000280. The Hall–Kier alpha value is -0.870. The smallest absolute Gasteiger partial charge is 0.194 e. The Kier molecular flexibility index (Phi) is 8.57. The van der Waals surface area contributed by atoms with E-state index < -0.39 is 0 Å². The van der Waals surface area contributed by atoms with Gasteiger partial charge in [0.25, 0.3) is 0 Å². The lowest BCUT2D eigenvalue weighted by Gasteiger charge is -2.52. The van der Waals surface area contributed by atoms with Crippen molar-refractivity contribution in [3.05, 3.63) is 18.0 Å². The van der Waals surface area contributed by atoms with Crippen LogP contribution in [-0.2, 0) is 16.5 Å². The van der Waals surface area contributed by atoms with Crippen molar-refractivity contribution in [3.8, 4) is 0 Å². The van der Waals surface area contributed by atoms with E-state index in [-0.39, 0.29) is 35.5 Å². The molecule has 0 bridgehead atoms. The number of halogens is 1. The summed E-state index contributed by atoms with van der Waals surface area (Å²) in [6, 6.07) is 0.377. The number of nitrogens with one attached hydrogen (secondary N) is 1. The quantitative estimate of drug-likeness (QED) is 0.279. The molecule has 1 N–H and O–H groups in total. The highest BCUT2D eigenvalue weighted by molar-refractivity contribution is 14.0. The molecule has 0 spiro atoms. The summed E-state index contributed by atoms with van der Waals surface area (Å²) in [5.74, 6) is 0.956. The summed E-state index contributed by atoms with van der Waals surface area (Å²) in [7, 11) is 3.79. The number of hydrogen-bond donors (Lipinski definition) is 1. The van der Waals surface area contributed by atoms with Crippen LogP contribution in [-0.4, -0.2) is 66.1 Å². The SMILES string of the molecule is CCCCOC1CC(NC(=NC)N2CCOC(c3cnn(C)c3)C2)C1(C)C.I. The molecule has 3 rings (SSSR count). The molecular formula is C20H36IN5O2. The minimum Gasteiger partial charge on any atom is -0.378 e. The molecule has 1 saturated carbocycles. The van der Waals surface area contributed by atoms with Crippen LogP contribution in [0.15, 0.2) is 17.4 Å². The maximum atomic E-state index is 6.08. The van der Waals surface area contributed by atoms with Crippen molar-refractivity contribution < 1.29 is 9.47 Å². The van der Waals surface area contributed by atoms with Crippen LogP contribution in [0.3, 0.4) is 0 Å². The van der Waals surface area contributed by atoms with E-state index in [1.54, 1.807) is 0 Å². The number of aryl methyl sites for hydroxylation is 1. The Morgan fingerprint density at radius 2 is 2.25 bits per heavy atom. The molecule has 1 aromatic heterocycles. The molecule has 0 amide bonds. The van der Waals surface area contributed by atoms with Crippen molar-refractivity contribution in [1.29, 1.82) is 0 Å². The Morgan fingerprint density at radius 1 is 1.46 bits per heavy atom. The number of aromatic nitrogens is 2. The summed E-state index contributed by atoms with van der Waals surface area (Å²) in [6.07, 6.45) is 7.62. The minimum absolute atomic E-state index is 0. The third kappa shape index (κ3) is 5.18. The molecule has 28 heavy (non-hydrogen) atoms. The topological polar surface area (TPSA) is 63.9 Å². The number of ether oxygens (including phenoxy) is 2. The second kappa shape index (κ2) is 10.2. The largest absolute Gasteiger partial charge is 0.378 e. The van der Waals surface area contributed by atoms with Crippen molar-refractivity contribution in [1.82, 2.24) is 20.0 Å². The number of morpholine rings is 1. The maximum absolute atomic E-state index is 6.08. The summed E-state index contributed by atoms with van der Waals surface area (Å²) in [6.45, 7) is 9.96. The molecular weight excluding hydrogens is 469 g/mol. The standard InChI is InChI=1S/C20H35N5O2.HI/c1-6-7-9-27-18-11-17(20(18,2)3)23-19(21-4)25-8-10-26-16(14-25)15-12-22-24(5)13-15;/h12-13,16-18H,6-11,14H2,1-5H3,(H,21,23);1H. The first-order valence-electron chi connectivity index (χ1n) is 10.2. The molecule has 7 nitrogen and oxygen atoms in total.